The second-order valence-corrected chi connectivity index (χ2v) is 13.6. The highest BCUT2D eigenvalue weighted by atomic mass is 16.5. The molecule has 2 aromatic rings. The number of carbonyl (C=O) groups is 3. The van der Waals surface area contributed by atoms with E-state index in [-0.39, 0.29) is 29.9 Å². The lowest BCUT2D eigenvalue weighted by molar-refractivity contribution is -0.148. The zero-order valence-corrected chi connectivity index (χ0v) is 27.8. The first-order chi connectivity index (χ1) is 21.8. The number of aliphatic carboxylic acids is 1. The second kappa shape index (κ2) is 15.5. The number of hydrogen-bond donors (Lipinski definition) is 5. The Hall–Kier alpha value is -3.38. The predicted molar refractivity (Wildman–Crippen MR) is 177 cm³/mol. The third-order valence-corrected chi connectivity index (χ3v) is 9.31. The SMILES string of the molecule is CCc1ccc2ccc(C=CC3(COCNC(C(=O)NC(C)C(=O)N4CCCC(C(=O)O)N4)C(C)C)CCC(C)(O)CC3)cc2n1. The number of benzene rings is 1. The maximum Gasteiger partial charge on any atom is 0.322 e. The highest BCUT2D eigenvalue weighted by Crippen LogP contribution is 2.42. The van der Waals surface area contributed by atoms with E-state index in [0.717, 1.165) is 41.4 Å². The normalized spacial score (nSPS) is 25.1. The number of aromatic nitrogens is 1. The van der Waals surface area contributed by atoms with E-state index in [1.807, 2.05) is 20.8 Å². The van der Waals surface area contributed by atoms with Crippen molar-refractivity contribution in [1.82, 2.24) is 26.1 Å². The van der Waals surface area contributed by atoms with Crippen molar-refractivity contribution in [3.63, 3.8) is 0 Å². The molecule has 11 nitrogen and oxygen atoms in total. The molecule has 2 fully saturated rings. The number of amides is 2. The number of aliphatic hydroxyl groups is 1. The Morgan fingerprint density at radius 1 is 1.15 bits per heavy atom. The van der Waals surface area contributed by atoms with Gasteiger partial charge in [-0.3, -0.25) is 29.7 Å². The molecule has 1 aromatic heterocycles. The van der Waals surface area contributed by atoms with E-state index in [9.17, 15) is 24.6 Å². The van der Waals surface area contributed by atoms with Crippen molar-refractivity contribution in [3.8, 4) is 0 Å². The van der Waals surface area contributed by atoms with E-state index in [1.54, 1.807) is 6.92 Å². The first kappa shape index (κ1) is 35.5. The van der Waals surface area contributed by atoms with Crippen LogP contribution in [0.3, 0.4) is 0 Å². The number of nitrogens with one attached hydrogen (secondary N) is 3. The molecule has 1 aromatic carbocycles. The average Bonchev–Trinajstić information content (AvgIpc) is 3.03. The molecule has 4 rings (SSSR count). The summed E-state index contributed by atoms with van der Waals surface area (Å²) in [6.45, 7) is 10.4. The average molecular weight is 638 g/mol. The standard InChI is InChI=1S/C35H51N5O6/c1-6-27-12-11-26-10-9-25(20-29(26)38-27)13-14-35(17-15-34(5,45)16-18-35)21-46-22-36-30(23(2)3)31(41)37-24(4)32(42)40-19-7-8-28(39-40)33(43)44/h9-14,20,23-24,28,30,36,39,45H,6-8,15-19,21-22H2,1-5H3,(H,37,41)(H,43,44). The van der Waals surface area contributed by atoms with E-state index in [2.05, 4.69) is 65.5 Å². The van der Waals surface area contributed by atoms with E-state index in [1.165, 1.54) is 5.01 Å². The molecular weight excluding hydrogens is 586 g/mol. The van der Waals surface area contributed by atoms with Gasteiger partial charge in [0.15, 0.2) is 0 Å². The van der Waals surface area contributed by atoms with Crippen molar-refractivity contribution >= 4 is 34.8 Å². The summed E-state index contributed by atoms with van der Waals surface area (Å²) in [5, 5.41) is 28.4. The summed E-state index contributed by atoms with van der Waals surface area (Å²) < 4.78 is 6.17. The highest BCUT2D eigenvalue weighted by molar-refractivity contribution is 5.89. The number of pyridine rings is 1. The molecule has 252 valence electrons. The fourth-order valence-electron chi connectivity index (χ4n) is 6.15. The lowest BCUT2D eigenvalue weighted by Gasteiger charge is -2.41. The zero-order chi connectivity index (χ0) is 33.5. The fourth-order valence-corrected chi connectivity index (χ4v) is 6.15. The van der Waals surface area contributed by atoms with Crippen LogP contribution >= 0.6 is 0 Å². The molecule has 2 heterocycles. The number of rotatable bonds is 13. The molecule has 3 unspecified atom stereocenters. The van der Waals surface area contributed by atoms with Crippen LogP contribution in [0.2, 0.25) is 0 Å². The topological polar surface area (TPSA) is 153 Å². The zero-order valence-electron chi connectivity index (χ0n) is 27.8. The number of fused-ring (bicyclic) bond motifs is 1. The fraction of sp³-hybridized carbons (Fsp3) is 0.600. The number of ether oxygens (including phenoxy) is 1. The van der Waals surface area contributed by atoms with Crippen LogP contribution in [0, 0.1) is 11.3 Å². The van der Waals surface area contributed by atoms with Gasteiger partial charge in [-0.05, 0) is 82.4 Å². The molecule has 0 radical (unpaired) electrons. The molecule has 1 aliphatic heterocycles. The smallest absolute Gasteiger partial charge is 0.322 e. The summed E-state index contributed by atoms with van der Waals surface area (Å²) in [6, 6.07) is 8.17. The summed E-state index contributed by atoms with van der Waals surface area (Å²) in [6.07, 6.45) is 9.07. The monoisotopic (exact) mass is 637 g/mol. The molecule has 2 amide bonds. The molecular formula is C35H51N5O6. The van der Waals surface area contributed by atoms with E-state index >= 15 is 0 Å². The van der Waals surface area contributed by atoms with Gasteiger partial charge in [-0.25, -0.2) is 5.43 Å². The van der Waals surface area contributed by atoms with Crippen LogP contribution in [-0.2, 0) is 25.5 Å². The van der Waals surface area contributed by atoms with Crippen molar-refractivity contribution in [1.29, 1.82) is 0 Å². The Balaban J connectivity index is 1.36. The van der Waals surface area contributed by atoms with Crippen molar-refractivity contribution in [2.24, 2.45) is 11.3 Å². The number of carboxylic acids is 1. The Labute approximate surface area is 272 Å². The first-order valence-corrected chi connectivity index (χ1v) is 16.5. The molecule has 3 atom stereocenters. The van der Waals surface area contributed by atoms with Gasteiger partial charge in [0.1, 0.15) is 12.1 Å². The Morgan fingerprint density at radius 3 is 2.54 bits per heavy atom. The largest absolute Gasteiger partial charge is 0.480 e. The van der Waals surface area contributed by atoms with Crippen LogP contribution in [-0.4, -0.2) is 81.6 Å². The Morgan fingerprint density at radius 2 is 1.87 bits per heavy atom. The molecule has 0 bridgehead atoms. The van der Waals surface area contributed by atoms with Crippen molar-refractivity contribution in [2.75, 3.05) is 19.9 Å². The van der Waals surface area contributed by atoms with Crippen LogP contribution in [0.5, 0.6) is 0 Å². The molecule has 46 heavy (non-hydrogen) atoms. The highest BCUT2D eigenvalue weighted by Gasteiger charge is 2.38. The minimum atomic E-state index is -1.01. The van der Waals surface area contributed by atoms with Gasteiger partial charge in [0.2, 0.25) is 5.91 Å². The van der Waals surface area contributed by atoms with Crippen molar-refractivity contribution < 1.29 is 29.3 Å². The number of hydrazine groups is 1. The van der Waals surface area contributed by atoms with Crippen LogP contribution in [0.4, 0.5) is 0 Å². The number of aryl methyl sites for hydroxylation is 1. The number of carboxylic acid groups (broad SMARTS) is 1. The summed E-state index contributed by atoms with van der Waals surface area (Å²) in [7, 11) is 0. The van der Waals surface area contributed by atoms with Gasteiger partial charge in [-0.1, -0.05) is 51.1 Å². The third kappa shape index (κ3) is 9.34. The lowest BCUT2D eigenvalue weighted by Crippen LogP contribution is -2.60. The minimum Gasteiger partial charge on any atom is -0.480 e. The molecule has 2 aliphatic rings. The number of carbonyl (C=O) groups excluding carboxylic acids is 2. The Kier molecular flexibility index (Phi) is 11.9. The molecule has 1 saturated heterocycles. The molecule has 1 aliphatic carbocycles. The summed E-state index contributed by atoms with van der Waals surface area (Å²) in [4.78, 5) is 42.3. The van der Waals surface area contributed by atoms with Crippen molar-refractivity contribution in [2.45, 2.75) is 103 Å². The number of nitrogens with zero attached hydrogens (tertiary/aromatic N) is 2. The van der Waals surface area contributed by atoms with Gasteiger partial charge in [0.05, 0.1) is 30.5 Å². The maximum absolute atomic E-state index is 13.2. The van der Waals surface area contributed by atoms with Crippen LogP contribution < -0.4 is 16.1 Å². The quantitative estimate of drug-likeness (QED) is 0.163. The minimum absolute atomic E-state index is 0.0798. The van der Waals surface area contributed by atoms with Gasteiger partial charge in [0.25, 0.3) is 5.91 Å². The Bertz CT molecular complexity index is 1400. The van der Waals surface area contributed by atoms with E-state index in [0.29, 0.717) is 38.8 Å². The van der Waals surface area contributed by atoms with Crippen molar-refractivity contribution in [3.05, 3.63) is 47.7 Å². The molecule has 5 N–H and O–H groups in total. The maximum atomic E-state index is 13.2. The summed E-state index contributed by atoms with van der Waals surface area (Å²) >= 11 is 0. The summed E-state index contributed by atoms with van der Waals surface area (Å²) in [5.74, 6) is -1.80. The first-order valence-electron chi connectivity index (χ1n) is 16.5. The molecule has 1 saturated carbocycles. The second-order valence-electron chi connectivity index (χ2n) is 13.6. The third-order valence-electron chi connectivity index (χ3n) is 9.31. The number of hydrogen-bond acceptors (Lipinski definition) is 8. The molecule has 11 heteroatoms. The van der Waals surface area contributed by atoms with Gasteiger partial charge >= 0.3 is 5.97 Å². The van der Waals surface area contributed by atoms with Crippen LogP contribution in [0.1, 0.15) is 84.4 Å². The predicted octanol–water partition coefficient (Wildman–Crippen LogP) is 3.80. The lowest BCUT2D eigenvalue weighted by atomic mass is 9.69. The van der Waals surface area contributed by atoms with Gasteiger partial charge in [0, 0.05) is 23.0 Å². The van der Waals surface area contributed by atoms with Gasteiger partial charge < -0.3 is 20.3 Å². The summed E-state index contributed by atoms with van der Waals surface area (Å²) in [5.41, 5.74) is 4.85. The molecule has 0 spiro atoms. The van der Waals surface area contributed by atoms with Crippen LogP contribution in [0.25, 0.3) is 17.0 Å². The van der Waals surface area contributed by atoms with Gasteiger partial charge in [-0.2, -0.15) is 0 Å². The van der Waals surface area contributed by atoms with E-state index in [4.69, 9.17) is 9.72 Å². The van der Waals surface area contributed by atoms with Crippen LogP contribution in [0.15, 0.2) is 36.4 Å². The van der Waals surface area contributed by atoms with E-state index < -0.39 is 29.7 Å². The van der Waals surface area contributed by atoms with Gasteiger partial charge in [-0.15, -0.1) is 0 Å².